The third-order valence-corrected chi connectivity index (χ3v) is 8.28. The molecule has 0 amide bonds. The van der Waals surface area contributed by atoms with Crippen LogP contribution in [-0.4, -0.2) is 50.2 Å². The lowest BCUT2D eigenvalue weighted by Gasteiger charge is -2.27. The van der Waals surface area contributed by atoms with Gasteiger partial charge in [0.15, 0.2) is 5.75 Å². The molecule has 33 heavy (non-hydrogen) atoms. The lowest BCUT2D eigenvalue weighted by molar-refractivity contribution is 0.125. The third kappa shape index (κ3) is 7.93. The Labute approximate surface area is 211 Å². The molecule has 0 saturated heterocycles. The highest BCUT2D eigenvalue weighted by Gasteiger charge is 2.26. The minimum atomic E-state index is -3.03. The number of alkyl halides is 1. The molecule has 2 atom stereocenters. The molecule has 184 valence electrons. The number of halogens is 3. The second-order valence-electron chi connectivity index (χ2n) is 8.65. The molecule has 2 rings (SSSR count). The van der Waals surface area contributed by atoms with Gasteiger partial charge in [-0.2, -0.15) is 0 Å². The SMILES string of the molecule is CCS(=O)(=O)C[C@@H](C)COc1ccc(C(C)(C)c2cc(Cl)c(OC[C@H](O)CCl)c(Cl)c2)cc1. The Hall–Kier alpha value is -1.18. The van der Waals surface area contributed by atoms with Crippen LogP contribution in [0.4, 0.5) is 0 Å². The molecule has 0 spiro atoms. The average molecular weight is 538 g/mol. The summed E-state index contributed by atoms with van der Waals surface area (Å²) in [6.45, 7) is 7.95. The van der Waals surface area contributed by atoms with Crippen molar-refractivity contribution in [2.75, 3.05) is 30.6 Å². The van der Waals surface area contributed by atoms with E-state index in [0.29, 0.717) is 28.2 Å². The number of aliphatic hydroxyl groups is 1. The van der Waals surface area contributed by atoms with Crippen molar-refractivity contribution in [1.82, 2.24) is 0 Å². The zero-order chi connectivity index (χ0) is 24.8. The molecule has 0 aromatic heterocycles. The molecule has 0 aliphatic heterocycles. The monoisotopic (exact) mass is 536 g/mol. The number of sulfone groups is 1. The molecule has 0 aliphatic rings. The Balaban J connectivity index is 2.12. The molecule has 0 radical (unpaired) electrons. The van der Waals surface area contributed by atoms with Crippen LogP contribution < -0.4 is 9.47 Å². The number of ether oxygens (including phenoxy) is 2. The minimum Gasteiger partial charge on any atom is -0.493 e. The van der Waals surface area contributed by atoms with Gasteiger partial charge in [0.25, 0.3) is 0 Å². The van der Waals surface area contributed by atoms with Crippen molar-refractivity contribution < 1.29 is 23.0 Å². The molecule has 2 aromatic rings. The average Bonchev–Trinajstić information content (AvgIpc) is 2.76. The predicted molar refractivity (Wildman–Crippen MR) is 136 cm³/mol. The highest BCUT2D eigenvalue weighted by atomic mass is 35.5. The van der Waals surface area contributed by atoms with Gasteiger partial charge < -0.3 is 14.6 Å². The number of hydrogen-bond donors (Lipinski definition) is 1. The molecule has 9 heteroatoms. The van der Waals surface area contributed by atoms with Crippen LogP contribution in [0.1, 0.15) is 38.8 Å². The van der Waals surface area contributed by atoms with Gasteiger partial charge in [-0.05, 0) is 35.4 Å². The molecule has 1 N–H and O–H groups in total. The summed E-state index contributed by atoms with van der Waals surface area (Å²) in [5.41, 5.74) is 1.51. The first kappa shape index (κ1) is 28.1. The first-order chi connectivity index (χ1) is 15.4. The first-order valence-electron chi connectivity index (χ1n) is 10.7. The van der Waals surface area contributed by atoms with E-state index in [2.05, 4.69) is 13.8 Å². The standard InChI is InChI=1S/C24H31Cl3O5S/c1-5-33(29,30)15-16(2)13-31-20-8-6-17(7-9-20)24(3,4)18-10-21(26)23(22(27)11-18)32-14-19(28)12-25/h6-11,16,19,28H,5,12-15H2,1-4H3/t16-,19+/m0/s1. The smallest absolute Gasteiger partial charge is 0.156 e. The maximum atomic E-state index is 11.8. The third-order valence-electron chi connectivity index (χ3n) is 5.41. The lowest BCUT2D eigenvalue weighted by Crippen LogP contribution is -2.21. The molecular formula is C24H31Cl3O5S. The Morgan fingerprint density at radius 1 is 1.00 bits per heavy atom. The van der Waals surface area contributed by atoms with Crippen LogP contribution in [0.3, 0.4) is 0 Å². The van der Waals surface area contributed by atoms with Gasteiger partial charge in [0.1, 0.15) is 28.3 Å². The number of benzene rings is 2. The van der Waals surface area contributed by atoms with Crippen LogP contribution in [0.2, 0.25) is 10.0 Å². The van der Waals surface area contributed by atoms with Crippen molar-refractivity contribution in [3.63, 3.8) is 0 Å². The van der Waals surface area contributed by atoms with Crippen LogP contribution >= 0.6 is 34.8 Å². The topological polar surface area (TPSA) is 72.8 Å². The van der Waals surface area contributed by atoms with Gasteiger partial charge in [0, 0.05) is 17.1 Å². The van der Waals surface area contributed by atoms with E-state index < -0.39 is 21.4 Å². The number of hydrogen-bond acceptors (Lipinski definition) is 5. The summed E-state index contributed by atoms with van der Waals surface area (Å²) in [6.07, 6.45) is -0.810. The van der Waals surface area contributed by atoms with E-state index in [-0.39, 0.29) is 29.9 Å². The van der Waals surface area contributed by atoms with Crippen LogP contribution in [0.25, 0.3) is 0 Å². The van der Waals surface area contributed by atoms with Gasteiger partial charge in [0.2, 0.25) is 0 Å². The van der Waals surface area contributed by atoms with Crippen LogP contribution in [0.5, 0.6) is 11.5 Å². The second-order valence-corrected chi connectivity index (χ2v) is 12.2. The maximum Gasteiger partial charge on any atom is 0.156 e. The van der Waals surface area contributed by atoms with Crippen molar-refractivity contribution in [1.29, 1.82) is 0 Å². The van der Waals surface area contributed by atoms with Gasteiger partial charge in [-0.3, -0.25) is 0 Å². The first-order valence-corrected chi connectivity index (χ1v) is 13.8. The van der Waals surface area contributed by atoms with Crippen LogP contribution in [0, 0.1) is 5.92 Å². The Bertz CT molecular complexity index is 1000. The molecule has 0 saturated carbocycles. The highest BCUT2D eigenvalue weighted by molar-refractivity contribution is 7.91. The van der Waals surface area contributed by atoms with Crippen molar-refractivity contribution >= 4 is 44.6 Å². The van der Waals surface area contributed by atoms with Crippen LogP contribution in [-0.2, 0) is 15.3 Å². The van der Waals surface area contributed by atoms with Crippen molar-refractivity contribution in [3.05, 3.63) is 57.6 Å². The summed E-state index contributed by atoms with van der Waals surface area (Å²) in [5.74, 6) is 1.19. The molecule has 0 bridgehead atoms. The molecular weight excluding hydrogens is 507 g/mol. The Morgan fingerprint density at radius 2 is 1.58 bits per heavy atom. The van der Waals surface area contributed by atoms with E-state index in [4.69, 9.17) is 44.3 Å². The van der Waals surface area contributed by atoms with E-state index in [1.807, 2.05) is 31.2 Å². The molecule has 0 aliphatic carbocycles. The fourth-order valence-corrected chi connectivity index (χ4v) is 5.14. The minimum absolute atomic E-state index is 0.00384. The molecule has 0 heterocycles. The van der Waals surface area contributed by atoms with Crippen molar-refractivity contribution in [3.8, 4) is 11.5 Å². The summed E-state index contributed by atoms with van der Waals surface area (Å²) in [6, 6.07) is 11.3. The number of aliphatic hydroxyl groups excluding tert-OH is 1. The summed E-state index contributed by atoms with van der Waals surface area (Å²) in [7, 11) is -3.03. The molecule has 5 nitrogen and oxygen atoms in total. The van der Waals surface area contributed by atoms with Crippen molar-refractivity contribution in [2.45, 2.75) is 39.2 Å². The predicted octanol–water partition coefficient (Wildman–Crippen LogP) is 5.75. The Kier molecular flexibility index (Phi) is 10.2. The van der Waals surface area contributed by atoms with E-state index in [0.717, 1.165) is 11.1 Å². The molecule has 0 unspecified atom stereocenters. The van der Waals surface area contributed by atoms with Gasteiger partial charge in [0.05, 0.1) is 28.3 Å². The zero-order valence-corrected chi connectivity index (χ0v) is 22.4. The molecule has 0 fully saturated rings. The van der Waals surface area contributed by atoms with Gasteiger partial charge in [-0.1, -0.05) is 63.0 Å². The van der Waals surface area contributed by atoms with E-state index >= 15 is 0 Å². The summed E-state index contributed by atoms with van der Waals surface area (Å²) in [5, 5.41) is 10.3. The quantitative estimate of drug-likeness (QED) is 0.349. The zero-order valence-electron chi connectivity index (χ0n) is 19.3. The summed E-state index contributed by atoms with van der Waals surface area (Å²) >= 11 is 18.4. The number of rotatable bonds is 12. The van der Waals surface area contributed by atoms with Crippen molar-refractivity contribution in [2.24, 2.45) is 5.92 Å². The summed E-state index contributed by atoms with van der Waals surface area (Å²) < 4.78 is 34.9. The maximum absolute atomic E-state index is 11.8. The normalized spacial score (nSPS) is 14.1. The fourth-order valence-electron chi connectivity index (χ4n) is 3.26. The van der Waals surface area contributed by atoms with E-state index in [9.17, 15) is 13.5 Å². The highest BCUT2D eigenvalue weighted by Crippen LogP contribution is 2.40. The Morgan fingerprint density at radius 3 is 2.09 bits per heavy atom. The van der Waals surface area contributed by atoms with E-state index in [1.165, 1.54) is 0 Å². The van der Waals surface area contributed by atoms with Crippen LogP contribution in [0.15, 0.2) is 36.4 Å². The van der Waals surface area contributed by atoms with Gasteiger partial charge >= 0.3 is 0 Å². The largest absolute Gasteiger partial charge is 0.493 e. The molecule has 2 aromatic carbocycles. The van der Waals surface area contributed by atoms with Gasteiger partial charge in [-0.15, -0.1) is 11.6 Å². The lowest BCUT2D eigenvalue weighted by atomic mass is 9.78. The van der Waals surface area contributed by atoms with Gasteiger partial charge in [-0.25, -0.2) is 8.42 Å². The van der Waals surface area contributed by atoms with E-state index in [1.54, 1.807) is 19.1 Å². The fraction of sp³-hybridized carbons (Fsp3) is 0.500. The summed E-state index contributed by atoms with van der Waals surface area (Å²) in [4.78, 5) is 0. The second kappa shape index (κ2) is 12.0.